The molecule has 0 radical (unpaired) electrons. The quantitative estimate of drug-likeness (QED) is 0.808. The molecule has 20 heavy (non-hydrogen) atoms. The van der Waals surface area contributed by atoms with E-state index in [1.807, 2.05) is 0 Å². The summed E-state index contributed by atoms with van der Waals surface area (Å²) in [6, 6.07) is 5.84. The van der Waals surface area contributed by atoms with Crippen molar-refractivity contribution in [3.05, 3.63) is 29.3 Å². The lowest BCUT2D eigenvalue weighted by Gasteiger charge is -2.14. The number of carbonyl (C=O) groups excluding carboxylic acids is 1. The molecule has 1 aliphatic rings. The lowest BCUT2D eigenvalue weighted by Crippen LogP contribution is -2.43. The van der Waals surface area contributed by atoms with E-state index in [1.165, 1.54) is 0 Å². The van der Waals surface area contributed by atoms with Gasteiger partial charge in [0.2, 0.25) is 0 Å². The van der Waals surface area contributed by atoms with Crippen LogP contribution in [0.15, 0.2) is 24.3 Å². The lowest BCUT2D eigenvalue weighted by atomic mass is 10.1. The zero-order chi connectivity index (χ0) is 14.5. The van der Waals surface area contributed by atoms with Gasteiger partial charge in [-0.25, -0.2) is 4.79 Å². The van der Waals surface area contributed by atoms with E-state index >= 15 is 0 Å². The molecule has 1 aliphatic carbocycles. The molecule has 1 aromatic rings. The van der Waals surface area contributed by atoms with E-state index in [2.05, 4.69) is 5.32 Å². The fourth-order valence-electron chi connectivity index (χ4n) is 1.85. The summed E-state index contributed by atoms with van der Waals surface area (Å²) >= 11 is 5.79. The number of hydrogen-bond donors (Lipinski definition) is 2. The van der Waals surface area contributed by atoms with E-state index in [4.69, 9.17) is 21.4 Å². The van der Waals surface area contributed by atoms with Gasteiger partial charge in [-0.1, -0.05) is 30.5 Å². The number of carboxylic acid groups (broad SMARTS) is 1. The second kappa shape index (κ2) is 6.61. The van der Waals surface area contributed by atoms with Crippen molar-refractivity contribution >= 4 is 23.5 Å². The molecule has 1 saturated carbocycles. The molecule has 1 amide bonds. The number of amides is 1. The summed E-state index contributed by atoms with van der Waals surface area (Å²) in [7, 11) is 0. The SMILES string of the molecule is O=C(COc1cccc(Cl)c1)NC(CC1CC1)C(=O)O. The van der Waals surface area contributed by atoms with Gasteiger partial charge in [-0.05, 0) is 30.5 Å². The zero-order valence-corrected chi connectivity index (χ0v) is 11.6. The van der Waals surface area contributed by atoms with Gasteiger partial charge in [0.1, 0.15) is 11.8 Å². The van der Waals surface area contributed by atoms with Gasteiger partial charge in [0.15, 0.2) is 6.61 Å². The van der Waals surface area contributed by atoms with E-state index in [1.54, 1.807) is 24.3 Å². The Balaban J connectivity index is 1.80. The molecule has 2 N–H and O–H groups in total. The van der Waals surface area contributed by atoms with Gasteiger partial charge in [0, 0.05) is 5.02 Å². The molecule has 1 unspecified atom stereocenters. The topological polar surface area (TPSA) is 75.6 Å². The maximum absolute atomic E-state index is 11.7. The second-order valence-corrected chi connectivity index (χ2v) is 5.32. The van der Waals surface area contributed by atoms with Crippen molar-refractivity contribution in [2.45, 2.75) is 25.3 Å². The molecule has 1 atom stereocenters. The summed E-state index contributed by atoms with van der Waals surface area (Å²) in [6.07, 6.45) is 2.57. The molecular formula is C14H16ClNO4. The third-order valence-corrected chi connectivity index (χ3v) is 3.30. The van der Waals surface area contributed by atoms with Crippen molar-refractivity contribution in [3.63, 3.8) is 0 Å². The molecule has 0 bridgehead atoms. The van der Waals surface area contributed by atoms with Crippen molar-refractivity contribution in [3.8, 4) is 5.75 Å². The van der Waals surface area contributed by atoms with Gasteiger partial charge in [-0.15, -0.1) is 0 Å². The number of benzene rings is 1. The number of halogens is 1. The van der Waals surface area contributed by atoms with Gasteiger partial charge in [0.05, 0.1) is 0 Å². The van der Waals surface area contributed by atoms with Crippen LogP contribution >= 0.6 is 11.6 Å². The number of hydrogen-bond acceptors (Lipinski definition) is 3. The molecule has 0 saturated heterocycles. The van der Waals surface area contributed by atoms with Gasteiger partial charge in [-0.2, -0.15) is 0 Å². The van der Waals surface area contributed by atoms with Crippen LogP contribution in [0.4, 0.5) is 0 Å². The van der Waals surface area contributed by atoms with Crippen LogP contribution in [0.2, 0.25) is 5.02 Å². The zero-order valence-electron chi connectivity index (χ0n) is 10.8. The third kappa shape index (κ3) is 4.74. The first-order valence-corrected chi connectivity index (χ1v) is 6.83. The molecule has 0 aromatic heterocycles. The highest BCUT2D eigenvalue weighted by Gasteiger charge is 2.30. The third-order valence-electron chi connectivity index (χ3n) is 3.07. The summed E-state index contributed by atoms with van der Waals surface area (Å²) in [5.41, 5.74) is 0. The predicted molar refractivity (Wildman–Crippen MR) is 73.9 cm³/mol. The van der Waals surface area contributed by atoms with Gasteiger partial charge < -0.3 is 15.2 Å². The Hall–Kier alpha value is -1.75. The van der Waals surface area contributed by atoms with Crippen LogP contribution in [0.1, 0.15) is 19.3 Å². The highest BCUT2D eigenvalue weighted by molar-refractivity contribution is 6.30. The Morgan fingerprint density at radius 3 is 2.80 bits per heavy atom. The molecule has 0 heterocycles. The summed E-state index contributed by atoms with van der Waals surface area (Å²) in [6.45, 7) is -0.227. The standard InChI is InChI=1S/C14H16ClNO4/c15-10-2-1-3-11(7-10)20-8-13(17)16-12(14(18)19)6-9-4-5-9/h1-3,7,9,12H,4-6,8H2,(H,16,17)(H,18,19). The molecular weight excluding hydrogens is 282 g/mol. The van der Waals surface area contributed by atoms with Gasteiger partial charge >= 0.3 is 5.97 Å². The summed E-state index contributed by atoms with van der Waals surface area (Å²) in [4.78, 5) is 22.7. The highest BCUT2D eigenvalue weighted by atomic mass is 35.5. The minimum absolute atomic E-state index is 0.227. The van der Waals surface area contributed by atoms with E-state index in [9.17, 15) is 9.59 Å². The first-order chi connectivity index (χ1) is 9.54. The number of nitrogens with one attached hydrogen (secondary N) is 1. The van der Waals surface area contributed by atoms with Crippen molar-refractivity contribution in [2.75, 3.05) is 6.61 Å². The van der Waals surface area contributed by atoms with E-state index in [-0.39, 0.29) is 6.61 Å². The molecule has 108 valence electrons. The van der Waals surface area contributed by atoms with E-state index < -0.39 is 17.9 Å². The van der Waals surface area contributed by atoms with Crippen molar-refractivity contribution in [2.24, 2.45) is 5.92 Å². The molecule has 1 aromatic carbocycles. The monoisotopic (exact) mass is 297 g/mol. The fraction of sp³-hybridized carbons (Fsp3) is 0.429. The Morgan fingerprint density at radius 1 is 1.45 bits per heavy atom. The first kappa shape index (κ1) is 14.7. The normalized spacial score (nSPS) is 15.4. The molecule has 0 aliphatic heterocycles. The Morgan fingerprint density at radius 2 is 2.20 bits per heavy atom. The van der Waals surface area contributed by atoms with Gasteiger partial charge in [-0.3, -0.25) is 4.79 Å². The Bertz CT molecular complexity index is 502. The van der Waals surface area contributed by atoms with Crippen LogP contribution in [0.5, 0.6) is 5.75 Å². The molecule has 0 spiro atoms. The Kier molecular flexibility index (Phi) is 4.84. The van der Waals surface area contributed by atoms with Crippen LogP contribution in [-0.4, -0.2) is 29.6 Å². The smallest absolute Gasteiger partial charge is 0.326 e. The number of carboxylic acids is 1. The average Bonchev–Trinajstić information content (AvgIpc) is 3.19. The summed E-state index contributed by atoms with van der Waals surface area (Å²) in [5, 5.41) is 12.0. The van der Waals surface area contributed by atoms with Crippen LogP contribution in [-0.2, 0) is 9.59 Å². The number of rotatable bonds is 7. The van der Waals surface area contributed by atoms with Crippen LogP contribution < -0.4 is 10.1 Å². The molecule has 6 heteroatoms. The number of aliphatic carboxylic acids is 1. The molecule has 5 nitrogen and oxygen atoms in total. The van der Waals surface area contributed by atoms with Gasteiger partial charge in [0.25, 0.3) is 5.91 Å². The van der Waals surface area contributed by atoms with Crippen LogP contribution in [0, 0.1) is 5.92 Å². The number of carbonyl (C=O) groups is 2. The largest absolute Gasteiger partial charge is 0.484 e. The van der Waals surface area contributed by atoms with Crippen LogP contribution in [0.25, 0.3) is 0 Å². The summed E-state index contributed by atoms with van der Waals surface area (Å²) in [5.74, 6) is -0.557. The van der Waals surface area contributed by atoms with Crippen molar-refractivity contribution < 1.29 is 19.4 Å². The minimum Gasteiger partial charge on any atom is -0.484 e. The van der Waals surface area contributed by atoms with Crippen molar-refractivity contribution in [1.82, 2.24) is 5.32 Å². The Labute approximate surface area is 121 Å². The first-order valence-electron chi connectivity index (χ1n) is 6.45. The average molecular weight is 298 g/mol. The van der Waals surface area contributed by atoms with E-state index in [0.29, 0.717) is 23.1 Å². The molecule has 2 rings (SSSR count). The highest BCUT2D eigenvalue weighted by Crippen LogP contribution is 2.33. The fourth-order valence-corrected chi connectivity index (χ4v) is 2.03. The minimum atomic E-state index is -1.01. The molecule has 1 fully saturated rings. The van der Waals surface area contributed by atoms with Crippen LogP contribution in [0.3, 0.4) is 0 Å². The van der Waals surface area contributed by atoms with E-state index in [0.717, 1.165) is 12.8 Å². The second-order valence-electron chi connectivity index (χ2n) is 4.88. The van der Waals surface area contributed by atoms with Crippen molar-refractivity contribution in [1.29, 1.82) is 0 Å². The predicted octanol–water partition coefficient (Wildman–Crippen LogP) is 2.09. The lowest BCUT2D eigenvalue weighted by molar-refractivity contribution is -0.142. The number of ether oxygens (including phenoxy) is 1. The summed E-state index contributed by atoms with van der Waals surface area (Å²) < 4.78 is 5.26. The maximum Gasteiger partial charge on any atom is 0.326 e. The maximum atomic E-state index is 11.7.